The molecular formula is C30H29F2N3O6. The van der Waals surface area contributed by atoms with Gasteiger partial charge in [-0.2, -0.15) is 13.8 Å². The highest BCUT2D eigenvalue weighted by Crippen LogP contribution is 2.43. The van der Waals surface area contributed by atoms with E-state index in [4.69, 9.17) is 14.2 Å². The van der Waals surface area contributed by atoms with Gasteiger partial charge in [0, 0.05) is 6.20 Å². The third-order valence-electron chi connectivity index (χ3n) is 7.21. The molecule has 0 saturated carbocycles. The van der Waals surface area contributed by atoms with Gasteiger partial charge in [0.15, 0.2) is 6.10 Å². The maximum atomic E-state index is 14.8. The number of hydrogen-bond acceptors (Lipinski definition) is 8. The van der Waals surface area contributed by atoms with Gasteiger partial charge in [0.05, 0.1) is 20.8 Å². The van der Waals surface area contributed by atoms with E-state index < -0.39 is 42.2 Å². The van der Waals surface area contributed by atoms with Crippen LogP contribution in [-0.4, -0.2) is 58.7 Å². The van der Waals surface area contributed by atoms with Crippen LogP contribution < -0.4 is 20.5 Å². The van der Waals surface area contributed by atoms with E-state index in [-0.39, 0.29) is 5.82 Å². The Morgan fingerprint density at radius 3 is 1.93 bits per heavy atom. The fourth-order valence-corrected chi connectivity index (χ4v) is 5.06. The van der Waals surface area contributed by atoms with E-state index in [9.17, 15) is 23.8 Å². The van der Waals surface area contributed by atoms with Gasteiger partial charge in [0.2, 0.25) is 6.23 Å². The smallest absolute Gasteiger partial charge is 0.351 e. The van der Waals surface area contributed by atoms with Crippen LogP contribution >= 0.6 is 0 Å². The summed E-state index contributed by atoms with van der Waals surface area (Å²) in [6, 6.07) is 25.6. The normalized spacial score (nSPS) is 20.0. The lowest BCUT2D eigenvalue weighted by molar-refractivity contribution is -0.140. The van der Waals surface area contributed by atoms with Crippen LogP contribution in [0.1, 0.15) is 22.9 Å². The Kier molecular flexibility index (Phi) is 7.76. The first-order chi connectivity index (χ1) is 19.7. The first-order valence-electron chi connectivity index (χ1n) is 12.8. The molecule has 9 nitrogen and oxygen atoms in total. The number of alkyl halides is 2. The van der Waals surface area contributed by atoms with Crippen molar-refractivity contribution in [1.29, 1.82) is 0 Å². The third kappa shape index (κ3) is 5.03. The highest BCUT2D eigenvalue weighted by Gasteiger charge is 2.59. The molecule has 1 fully saturated rings. The zero-order valence-electron chi connectivity index (χ0n) is 22.3. The Balaban J connectivity index is 1.64. The lowest BCUT2D eigenvalue weighted by atomic mass is 9.77. The van der Waals surface area contributed by atoms with Crippen molar-refractivity contribution in [1.82, 2.24) is 9.55 Å². The van der Waals surface area contributed by atoms with Gasteiger partial charge in [-0.3, -0.25) is 4.57 Å². The number of aliphatic hydroxyl groups excluding tert-OH is 2. The monoisotopic (exact) mass is 565 g/mol. The highest BCUT2D eigenvalue weighted by atomic mass is 19.3. The van der Waals surface area contributed by atoms with Crippen LogP contribution in [0.15, 0.2) is 95.9 Å². The Morgan fingerprint density at radius 2 is 1.46 bits per heavy atom. The zero-order chi connectivity index (χ0) is 29.2. The molecule has 0 amide bonds. The second kappa shape index (κ2) is 11.3. The lowest BCUT2D eigenvalue weighted by Crippen LogP contribution is -2.42. The summed E-state index contributed by atoms with van der Waals surface area (Å²) in [5.41, 5.74) is 0.232. The van der Waals surface area contributed by atoms with Gasteiger partial charge in [0.1, 0.15) is 29.0 Å². The molecule has 5 rings (SSSR count). The molecule has 0 radical (unpaired) electrons. The number of methoxy groups -OCH3 is 2. The Hall–Kier alpha value is -4.32. The van der Waals surface area contributed by atoms with E-state index in [1.54, 1.807) is 14.2 Å². The molecular weight excluding hydrogens is 536 g/mol. The number of rotatable bonds is 9. The molecule has 1 aliphatic rings. The minimum atomic E-state index is -3.83. The van der Waals surface area contributed by atoms with E-state index in [0.29, 0.717) is 16.1 Å². The average molecular weight is 566 g/mol. The van der Waals surface area contributed by atoms with Crippen molar-refractivity contribution in [2.24, 2.45) is 0 Å². The molecule has 2 heterocycles. The summed E-state index contributed by atoms with van der Waals surface area (Å²) in [6.07, 6.45) is -4.83. The van der Waals surface area contributed by atoms with Crippen LogP contribution in [0.25, 0.3) is 0 Å². The van der Waals surface area contributed by atoms with Gasteiger partial charge in [-0.25, -0.2) is 4.79 Å². The Morgan fingerprint density at radius 1 is 0.927 bits per heavy atom. The number of benzene rings is 3. The van der Waals surface area contributed by atoms with E-state index in [0.717, 1.165) is 22.9 Å². The van der Waals surface area contributed by atoms with E-state index in [1.807, 2.05) is 78.9 Å². The minimum absolute atomic E-state index is 0.0994. The summed E-state index contributed by atoms with van der Waals surface area (Å²) in [5.74, 6) is -2.44. The van der Waals surface area contributed by atoms with Crippen LogP contribution in [0.5, 0.6) is 11.5 Å². The topological polar surface area (TPSA) is 115 Å². The average Bonchev–Trinajstić information content (AvgIpc) is 3.24. The number of halogens is 2. The van der Waals surface area contributed by atoms with Crippen molar-refractivity contribution in [2.45, 2.75) is 29.9 Å². The first kappa shape index (κ1) is 28.2. The van der Waals surface area contributed by atoms with Gasteiger partial charge in [-0.05, 0) is 47.0 Å². The van der Waals surface area contributed by atoms with Gasteiger partial charge in [-0.1, -0.05) is 54.6 Å². The number of hydrogen-bond donors (Lipinski definition) is 3. The predicted molar refractivity (Wildman–Crippen MR) is 146 cm³/mol. The molecule has 1 saturated heterocycles. The van der Waals surface area contributed by atoms with Crippen LogP contribution in [0.4, 0.5) is 14.6 Å². The van der Waals surface area contributed by atoms with Crippen molar-refractivity contribution in [2.75, 3.05) is 26.1 Å². The molecule has 1 aromatic heterocycles. The molecule has 0 unspecified atom stereocenters. The molecule has 1 aliphatic heterocycles. The van der Waals surface area contributed by atoms with E-state index in [1.165, 1.54) is 6.07 Å². The summed E-state index contributed by atoms with van der Waals surface area (Å²) in [5, 5.41) is 22.6. The number of anilines is 1. The first-order valence-corrected chi connectivity index (χ1v) is 12.8. The van der Waals surface area contributed by atoms with Crippen molar-refractivity contribution in [3.63, 3.8) is 0 Å². The van der Waals surface area contributed by atoms with E-state index >= 15 is 0 Å². The SMILES string of the molecule is COc1ccc(C(Nc2ccn([C@@H]3O[C@H](CO)[C@@H](O)C3(F)F)c(=O)n2)(c2ccccc2)c2ccc(OC)cc2)cc1. The number of aromatic nitrogens is 2. The van der Waals surface area contributed by atoms with Crippen LogP contribution in [-0.2, 0) is 10.3 Å². The summed E-state index contributed by atoms with van der Waals surface area (Å²) in [7, 11) is 3.14. The zero-order valence-corrected chi connectivity index (χ0v) is 22.3. The Bertz CT molecular complexity index is 1480. The quantitative estimate of drug-likeness (QED) is 0.264. The molecule has 3 N–H and O–H groups in total. The largest absolute Gasteiger partial charge is 0.497 e. The predicted octanol–water partition coefficient (Wildman–Crippen LogP) is 3.55. The third-order valence-corrected chi connectivity index (χ3v) is 7.21. The number of aliphatic hydroxyl groups is 2. The number of nitrogens with zero attached hydrogens (tertiary/aromatic N) is 2. The molecule has 41 heavy (non-hydrogen) atoms. The number of ether oxygens (including phenoxy) is 3. The summed E-state index contributed by atoms with van der Waals surface area (Å²) < 4.78 is 46.0. The van der Waals surface area contributed by atoms with Crippen LogP contribution in [0.2, 0.25) is 0 Å². The van der Waals surface area contributed by atoms with Gasteiger partial charge < -0.3 is 29.7 Å². The van der Waals surface area contributed by atoms with Crippen molar-refractivity contribution in [3.8, 4) is 11.5 Å². The molecule has 0 spiro atoms. The molecule has 214 valence electrons. The Labute approximate surface area is 234 Å². The van der Waals surface area contributed by atoms with Gasteiger partial charge in [-0.15, -0.1) is 0 Å². The molecule has 4 aromatic rings. The van der Waals surface area contributed by atoms with Crippen molar-refractivity contribution < 1.29 is 33.2 Å². The van der Waals surface area contributed by atoms with Crippen molar-refractivity contribution in [3.05, 3.63) is 118 Å². The summed E-state index contributed by atoms with van der Waals surface area (Å²) in [4.78, 5) is 17.2. The molecule has 3 aromatic carbocycles. The summed E-state index contributed by atoms with van der Waals surface area (Å²) in [6.45, 7) is -0.835. The minimum Gasteiger partial charge on any atom is -0.497 e. The maximum absolute atomic E-state index is 14.8. The second-order valence-corrected chi connectivity index (χ2v) is 9.53. The second-order valence-electron chi connectivity index (χ2n) is 9.53. The summed E-state index contributed by atoms with van der Waals surface area (Å²) >= 11 is 0. The van der Waals surface area contributed by atoms with Crippen molar-refractivity contribution >= 4 is 5.82 Å². The molecule has 0 aliphatic carbocycles. The molecule has 3 atom stereocenters. The molecule has 0 bridgehead atoms. The van der Waals surface area contributed by atoms with Gasteiger partial charge in [0.25, 0.3) is 0 Å². The number of nitrogens with one attached hydrogen (secondary N) is 1. The van der Waals surface area contributed by atoms with Crippen LogP contribution in [0, 0.1) is 0 Å². The van der Waals surface area contributed by atoms with E-state index in [2.05, 4.69) is 10.3 Å². The highest BCUT2D eigenvalue weighted by molar-refractivity contribution is 5.59. The standard InChI is InChI=1S/C30H29F2N3O6/c1-39-22-12-8-20(9-13-22)29(19-6-4-3-5-7-19,21-10-14-23(40-2)15-11-21)34-25-16-17-35(28(38)33-25)27-30(31,32)26(37)24(18-36)41-27/h3-17,24,26-27,36-37H,18H2,1-2H3,(H,33,34,38)/t24-,26-,27-/m1/s1. The fraction of sp³-hybridized carbons (Fsp3) is 0.267. The van der Waals surface area contributed by atoms with Gasteiger partial charge >= 0.3 is 11.6 Å². The maximum Gasteiger partial charge on any atom is 0.351 e. The van der Waals surface area contributed by atoms with Crippen LogP contribution in [0.3, 0.4) is 0 Å². The molecule has 11 heteroatoms. The fourth-order valence-electron chi connectivity index (χ4n) is 5.06. The lowest BCUT2D eigenvalue weighted by Gasteiger charge is -2.37.